The number of rotatable bonds is 5. The van der Waals surface area contributed by atoms with Gasteiger partial charge in [-0.1, -0.05) is 12.1 Å². The minimum atomic E-state index is -3.59. The second-order valence-electron chi connectivity index (χ2n) is 5.92. The zero-order chi connectivity index (χ0) is 17.2. The van der Waals surface area contributed by atoms with Crippen LogP contribution in [0.25, 0.3) is 0 Å². The lowest BCUT2D eigenvalue weighted by atomic mass is 10.1. The molecule has 0 saturated carbocycles. The maximum absolute atomic E-state index is 13.2. The Morgan fingerprint density at radius 2 is 1.92 bits per heavy atom. The number of nitrogens with zero attached hydrogens (tertiary/aromatic N) is 2. The number of fused-ring (bicyclic) bond motifs is 1. The second-order valence-corrected chi connectivity index (χ2v) is 5.92. The van der Waals surface area contributed by atoms with Gasteiger partial charge in [0.05, 0.1) is 6.54 Å². The summed E-state index contributed by atoms with van der Waals surface area (Å²) >= 11 is 0. The predicted molar refractivity (Wildman–Crippen MR) is 83.0 cm³/mol. The van der Waals surface area contributed by atoms with Gasteiger partial charge in [-0.15, -0.1) is 8.78 Å². The van der Waals surface area contributed by atoms with Crippen molar-refractivity contribution in [1.82, 2.24) is 15.1 Å². The van der Waals surface area contributed by atoms with Crippen LogP contribution in [0.4, 0.5) is 8.78 Å². The number of hydrogen-bond acceptors (Lipinski definition) is 5. The van der Waals surface area contributed by atoms with Crippen LogP contribution in [0.1, 0.15) is 12.5 Å². The summed E-state index contributed by atoms with van der Waals surface area (Å²) in [5.41, 5.74) is 0.682. The molecule has 1 N–H and O–H groups in total. The molecule has 0 aliphatic carbocycles. The summed E-state index contributed by atoms with van der Waals surface area (Å²) < 4.78 is 35.6. The van der Waals surface area contributed by atoms with Crippen LogP contribution >= 0.6 is 0 Å². The Labute approximate surface area is 139 Å². The third kappa shape index (κ3) is 3.93. The van der Waals surface area contributed by atoms with E-state index in [1.165, 1.54) is 6.07 Å². The van der Waals surface area contributed by atoms with E-state index in [1.54, 1.807) is 12.1 Å². The largest absolute Gasteiger partial charge is 0.586 e. The highest BCUT2D eigenvalue weighted by Crippen LogP contribution is 2.43. The number of alkyl halides is 2. The summed E-state index contributed by atoms with van der Waals surface area (Å²) in [6.07, 6.45) is -3.59. The molecule has 2 aliphatic heterocycles. The lowest BCUT2D eigenvalue weighted by molar-refractivity contribution is -0.287. The molecular formula is C16H21F2N3O3. The highest BCUT2D eigenvalue weighted by atomic mass is 19.3. The second kappa shape index (κ2) is 6.90. The number of nitrogens with one attached hydrogen (secondary N) is 1. The Hall–Kier alpha value is -1.93. The van der Waals surface area contributed by atoms with E-state index in [1.807, 2.05) is 6.92 Å². The van der Waals surface area contributed by atoms with E-state index >= 15 is 0 Å². The number of likely N-dealkylation sites (N-methyl/N-ethyl adjacent to an activating group) is 1. The van der Waals surface area contributed by atoms with Crippen molar-refractivity contribution in [3.8, 4) is 11.5 Å². The molecule has 0 bridgehead atoms. The predicted octanol–water partition coefficient (Wildman–Crippen LogP) is 1.26. The van der Waals surface area contributed by atoms with Crippen molar-refractivity contribution < 1.29 is 23.0 Å². The summed E-state index contributed by atoms with van der Waals surface area (Å²) in [5, 5.41) is 2.78. The SMILES string of the molecule is CCNC(=O)CN1CCN(Cc2cccc3c2OC(F)(F)O3)CC1. The Balaban J connectivity index is 1.55. The molecular weight excluding hydrogens is 320 g/mol. The number of benzene rings is 1. The molecule has 3 rings (SSSR count). The standard InChI is InChI=1S/C16H21F2N3O3/c1-2-19-14(22)11-21-8-6-20(7-9-21)10-12-4-3-5-13-15(12)24-16(17,18)23-13/h3-5H,2,6-11H2,1H3,(H,19,22). The van der Waals surface area contributed by atoms with Crippen molar-refractivity contribution in [2.24, 2.45) is 0 Å². The first kappa shape index (κ1) is 16.9. The topological polar surface area (TPSA) is 54.0 Å². The van der Waals surface area contributed by atoms with E-state index in [4.69, 9.17) is 0 Å². The van der Waals surface area contributed by atoms with Gasteiger partial charge < -0.3 is 14.8 Å². The number of hydrogen-bond donors (Lipinski definition) is 1. The smallest absolute Gasteiger partial charge is 0.395 e. The van der Waals surface area contributed by atoms with Crippen molar-refractivity contribution in [2.45, 2.75) is 19.8 Å². The fraction of sp³-hybridized carbons (Fsp3) is 0.562. The third-order valence-corrected chi connectivity index (χ3v) is 4.11. The van der Waals surface area contributed by atoms with Gasteiger partial charge in [0.1, 0.15) is 0 Å². The lowest BCUT2D eigenvalue weighted by Gasteiger charge is -2.34. The number of carbonyl (C=O) groups is 1. The number of ether oxygens (including phenoxy) is 2. The van der Waals surface area contributed by atoms with E-state index in [0.717, 1.165) is 26.2 Å². The Bertz CT molecular complexity index is 604. The fourth-order valence-electron chi connectivity index (χ4n) is 2.95. The van der Waals surface area contributed by atoms with Crippen molar-refractivity contribution in [3.63, 3.8) is 0 Å². The maximum atomic E-state index is 13.2. The fourth-order valence-corrected chi connectivity index (χ4v) is 2.95. The Kier molecular flexibility index (Phi) is 4.86. The van der Waals surface area contributed by atoms with Gasteiger partial charge in [0.2, 0.25) is 5.91 Å². The number of amides is 1. The van der Waals surface area contributed by atoms with E-state index in [0.29, 0.717) is 25.2 Å². The monoisotopic (exact) mass is 341 g/mol. The van der Waals surface area contributed by atoms with Crippen molar-refractivity contribution in [1.29, 1.82) is 0 Å². The highest BCUT2D eigenvalue weighted by Gasteiger charge is 2.44. The number of carbonyl (C=O) groups excluding carboxylic acids is 1. The van der Waals surface area contributed by atoms with Crippen molar-refractivity contribution in [3.05, 3.63) is 23.8 Å². The van der Waals surface area contributed by atoms with Crippen LogP contribution in [0, 0.1) is 0 Å². The Morgan fingerprint density at radius 3 is 2.62 bits per heavy atom. The maximum Gasteiger partial charge on any atom is 0.586 e. The molecule has 1 aromatic carbocycles. The molecule has 24 heavy (non-hydrogen) atoms. The first-order chi connectivity index (χ1) is 11.5. The molecule has 1 fully saturated rings. The average Bonchev–Trinajstić information content (AvgIpc) is 2.84. The van der Waals surface area contributed by atoms with Crippen LogP contribution in [0.5, 0.6) is 11.5 Å². The molecule has 132 valence electrons. The normalized spacial score (nSPS) is 20.1. The molecule has 1 saturated heterocycles. The minimum Gasteiger partial charge on any atom is -0.395 e. The molecule has 1 amide bonds. The van der Waals surface area contributed by atoms with E-state index in [-0.39, 0.29) is 17.4 Å². The molecule has 8 heteroatoms. The third-order valence-electron chi connectivity index (χ3n) is 4.11. The summed E-state index contributed by atoms with van der Waals surface area (Å²) in [4.78, 5) is 15.8. The zero-order valence-corrected chi connectivity index (χ0v) is 13.6. The minimum absolute atomic E-state index is 0.0274. The highest BCUT2D eigenvalue weighted by molar-refractivity contribution is 5.77. The summed E-state index contributed by atoms with van der Waals surface area (Å²) in [6.45, 7) is 6.48. The van der Waals surface area contributed by atoms with Crippen molar-refractivity contribution in [2.75, 3.05) is 39.3 Å². The van der Waals surface area contributed by atoms with Crippen LogP contribution in [-0.4, -0.2) is 61.3 Å². The van der Waals surface area contributed by atoms with Gasteiger partial charge in [-0.25, -0.2) is 0 Å². The van der Waals surface area contributed by atoms with Crippen LogP contribution in [0.3, 0.4) is 0 Å². The summed E-state index contributed by atoms with van der Waals surface area (Å²) in [7, 11) is 0. The number of halogens is 2. The van der Waals surface area contributed by atoms with Gasteiger partial charge in [-0.2, -0.15) is 0 Å². The van der Waals surface area contributed by atoms with Gasteiger partial charge >= 0.3 is 6.29 Å². The van der Waals surface area contributed by atoms with Crippen molar-refractivity contribution >= 4 is 5.91 Å². The Morgan fingerprint density at radius 1 is 1.21 bits per heavy atom. The summed E-state index contributed by atoms with van der Waals surface area (Å²) in [6, 6.07) is 4.93. The van der Waals surface area contributed by atoms with Gasteiger partial charge in [0.15, 0.2) is 11.5 Å². The molecule has 2 heterocycles. The molecule has 2 aliphatic rings. The average molecular weight is 341 g/mol. The van der Waals surface area contributed by atoms with Crippen LogP contribution < -0.4 is 14.8 Å². The molecule has 0 unspecified atom stereocenters. The molecule has 0 atom stereocenters. The first-order valence-electron chi connectivity index (χ1n) is 8.06. The van der Waals surface area contributed by atoms with Gasteiger partial charge in [-0.3, -0.25) is 14.6 Å². The summed E-state index contributed by atoms with van der Waals surface area (Å²) in [5.74, 6) is 0.222. The molecule has 0 spiro atoms. The molecule has 0 radical (unpaired) electrons. The van der Waals surface area contributed by atoms with Gasteiger partial charge in [0.25, 0.3) is 0 Å². The van der Waals surface area contributed by atoms with E-state index in [2.05, 4.69) is 24.6 Å². The molecule has 1 aromatic rings. The number of piperazine rings is 1. The van der Waals surface area contributed by atoms with Crippen LogP contribution in [0.2, 0.25) is 0 Å². The van der Waals surface area contributed by atoms with E-state index < -0.39 is 6.29 Å². The quantitative estimate of drug-likeness (QED) is 0.874. The first-order valence-corrected chi connectivity index (χ1v) is 8.06. The lowest BCUT2D eigenvalue weighted by Crippen LogP contribution is -2.49. The van der Waals surface area contributed by atoms with Crippen LogP contribution in [0.15, 0.2) is 18.2 Å². The molecule has 6 nitrogen and oxygen atoms in total. The number of para-hydroxylation sites is 1. The van der Waals surface area contributed by atoms with Gasteiger partial charge in [-0.05, 0) is 13.0 Å². The zero-order valence-electron chi connectivity index (χ0n) is 13.6. The molecule has 0 aromatic heterocycles. The van der Waals surface area contributed by atoms with Crippen LogP contribution in [-0.2, 0) is 11.3 Å². The van der Waals surface area contributed by atoms with Gasteiger partial charge in [0, 0.05) is 44.8 Å². The van der Waals surface area contributed by atoms with E-state index in [9.17, 15) is 13.6 Å².